The Morgan fingerprint density at radius 1 is 1.60 bits per heavy atom. The smallest absolute Gasteiger partial charge is 0.317 e. The summed E-state index contributed by atoms with van der Waals surface area (Å²) >= 11 is 5.56. The second kappa shape index (κ2) is 5.38. The number of halogens is 2. The maximum absolute atomic E-state index is 13.2. The Bertz CT molecular complexity index is 432. The summed E-state index contributed by atoms with van der Waals surface area (Å²) in [4.78, 5) is 10.7. The number of rotatable bonds is 1. The summed E-state index contributed by atoms with van der Waals surface area (Å²) in [5.41, 5.74) is 0.211. The van der Waals surface area contributed by atoms with Crippen LogP contribution < -0.4 is 0 Å². The van der Waals surface area contributed by atoms with Gasteiger partial charge in [-0.3, -0.25) is 4.79 Å². The molecule has 78 valence electrons. The summed E-state index contributed by atoms with van der Waals surface area (Å²) in [6.45, 7) is 0. The zero-order valence-corrected chi connectivity index (χ0v) is 8.77. The molecule has 1 rings (SSSR count). The second-order valence-electron chi connectivity index (χ2n) is 2.68. The fourth-order valence-electron chi connectivity index (χ4n) is 0.875. The molecule has 1 aromatic rings. The zero-order valence-electron chi connectivity index (χ0n) is 8.01. The van der Waals surface area contributed by atoms with E-state index in [1.54, 1.807) is 0 Å². The fourth-order valence-corrected chi connectivity index (χ4v) is 1.03. The average molecular weight is 227 g/mol. The molecule has 15 heavy (non-hydrogen) atoms. The summed E-state index contributed by atoms with van der Waals surface area (Å²) in [6, 6.07) is 4.17. The molecule has 0 unspecified atom stereocenters. The third kappa shape index (κ3) is 3.61. The number of methoxy groups -OCH3 is 1. The number of esters is 1. The number of hydrogen-bond acceptors (Lipinski definition) is 2. The van der Waals surface area contributed by atoms with Crippen LogP contribution in [0.15, 0.2) is 18.2 Å². The van der Waals surface area contributed by atoms with Gasteiger partial charge in [-0.05, 0) is 18.2 Å². The molecule has 0 N–H and O–H groups in total. The Labute approximate surface area is 92.0 Å². The van der Waals surface area contributed by atoms with Crippen LogP contribution in [0.5, 0.6) is 0 Å². The summed E-state index contributed by atoms with van der Waals surface area (Å²) in [5.74, 6) is 4.08. The number of hydrogen-bond donors (Lipinski definition) is 0. The molecule has 0 spiro atoms. The van der Waals surface area contributed by atoms with Crippen LogP contribution in [-0.2, 0) is 9.53 Å². The molecule has 0 aliphatic carbocycles. The summed E-state index contributed by atoms with van der Waals surface area (Å²) in [5, 5.41) is 0.311. The topological polar surface area (TPSA) is 26.3 Å². The highest BCUT2D eigenvalue weighted by molar-refractivity contribution is 6.30. The Balaban J connectivity index is 2.76. The minimum Gasteiger partial charge on any atom is -0.468 e. The molecule has 1 aromatic carbocycles. The SMILES string of the molecule is COC(=O)CC#Cc1ccc(Cl)cc1F. The van der Waals surface area contributed by atoms with E-state index in [1.165, 1.54) is 25.3 Å². The number of benzene rings is 1. The molecule has 0 aromatic heterocycles. The first-order valence-corrected chi connectivity index (χ1v) is 4.52. The van der Waals surface area contributed by atoms with Gasteiger partial charge in [0, 0.05) is 5.02 Å². The molecule has 0 saturated carbocycles. The van der Waals surface area contributed by atoms with Crippen molar-refractivity contribution in [3.05, 3.63) is 34.6 Å². The van der Waals surface area contributed by atoms with Gasteiger partial charge in [0.15, 0.2) is 0 Å². The van der Waals surface area contributed by atoms with E-state index in [9.17, 15) is 9.18 Å². The third-order valence-electron chi connectivity index (χ3n) is 1.61. The first-order valence-electron chi connectivity index (χ1n) is 4.14. The average Bonchev–Trinajstić information content (AvgIpc) is 2.21. The molecule has 0 radical (unpaired) electrons. The normalized spacial score (nSPS) is 9.00. The Kier molecular flexibility index (Phi) is 4.14. The lowest BCUT2D eigenvalue weighted by Crippen LogP contribution is -1.97. The van der Waals surface area contributed by atoms with E-state index in [0.29, 0.717) is 5.02 Å². The molecule has 0 saturated heterocycles. The highest BCUT2D eigenvalue weighted by atomic mass is 35.5. The van der Waals surface area contributed by atoms with E-state index in [0.717, 1.165) is 0 Å². The molecule has 0 fully saturated rings. The third-order valence-corrected chi connectivity index (χ3v) is 1.85. The van der Waals surface area contributed by atoms with Gasteiger partial charge in [-0.2, -0.15) is 0 Å². The lowest BCUT2D eigenvalue weighted by molar-refractivity contribution is -0.139. The van der Waals surface area contributed by atoms with Crippen molar-refractivity contribution >= 4 is 17.6 Å². The lowest BCUT2D eigenvalue weighted by atomic mass is 10.2. The van der Waals surface area contributed by atoms with E-state index < -0.39 is 11.8 Å². The van der Waals surface area contributed by atoms with Crippen molar-refractivity contribution in [2.24, 2.45) is 0 Å². The van der Waals surface area contributed by atoms with E-state index in [2.05, 4.69) is 16.6 Å². The van der Waals surface area contributed by atoms with E-state index in [1.807, 2.05) is 0 Å². The van der Waals surface area contributed by atoms with Crippen molar-refractivity contribution in [3.8, 4) is 11.8 Å². The Morgan fingerprint density at radius 2 is 2.33 bits per heavy atom. The molecular formula is C11H8ClFO2. The van der Waals surface area contributed by atoms with Crippen molar-refractivity contribution in [1.82, 2.24) is 0 Å². The van der Waals surface area contributed by atoms with Gasteiger partial charge in [-0.25, -0.2) is 4.39 Å². The lowest BCUT2D eigenvalue weighted by Gasteiger charge is -1.94. The zero-order chi connectivity index (χ0) is 11.3. The van der Waals surface area contributed by atoms with Crippen LogP contribution in [0.3, 0.4) is 0 Å². The largest absolute Gasteiger partial charge is 0.468 e. The van der Waals surface area contributed by atoms with Crippen LogP contribution in [0.2, 0.25) is 5.02 Å². The second-order valence-corrected chi connectivity index (χ2v) is 3.12. The van der Waals surface area contributed by atoms with Crippen molar-refractivity contribution < 1.29 is 13.9 Å². The standard InChI is InChI=1S/C11H8ClFO2/c1-15-11(14)4-2-3-8-5-6-9(12)7-10(8)13/h5-7H,4H2,1H3. The first kappa shape index (κ1) is 11.5. The van der Waals surface area contributed by atoms with Crippen LogP contribution in [-0.4, -0.2) is 13.1 Å². The molecule has 0 amide bonds. The van der Waals surface area contributed by atoms with Crippen LogP contribution in [0.4, 0.5) is 4.39 Å². The van der Waals surface area contributed by atoms with Gasteiger partial charge in [-0.1, -0.05) is 23.4 Å². The predicted molar refractivity (Wildman–Crippen MR) is 54.9 cm³/mol. The van der Waals surface area contributed by atoms with Gasteiger partial charge < -0.3 is 4.74 Å². The van der Waals surface area contributed by atoms with Gasteiger partial charge in [0.05, 0.1) is 12.7 Å². The summed E-state index contributed by atoms with van der Waals surface area (Å²) < 4.78 is 17.5. The molecule has 4 heteroatoms. The molecule has 0 heterocycles. The maximum Gasteiger partial charge on any atom is 0.317 e. The van der Waals surface area contributed by atoms with Crippen molar-refractivity contribution in [1.29, 1.82) is 0 Å². The molecule has 2 nitrogen and oxygen atoms in total. The number of carbonyl (C=O) groups excluding carboxylic acids is 1. The molecule has 0 aliphatic rings. The van der Waals surface area contributed by atoms with E-state index >= 15 is 0 Å². The quantitative estimate of drug-likeness (QED) is 0.543. The van der Waals surface area contributed by atoms with E-state index in [4.69, 9.17) is 11.6 Å². The molecule has 0 bridgehead atoms. The van der Waals surface area contributed by atoms with Gasteiger partial charge in [0.2, 0.25) is 0 Å². The van der Waals surface area contributed by atoms with Crippen LogP contribution in [0.25, 0.3) is 0 Å². The maximum atomic E-state index is 13.2. The number of ether oxygens (including phenoxy) is 1. The minimum absolute atomic E-state index is 0.0570. The van der Waals surface area contributed by atoms with Crippen molar-refractivity contribution in [2.75, 3.05) is 7.11 Å². The van der Waals surface area contributed by atoms with E-state index in [-0.39, 0.29) is 12.0 Å². The monoisotopic (exact) mass is 226 g/mol. The van der Waals surface area contributed by atoms with Gasteiger partial charge in [0.1, 0.15) is 12.2 Å². The van der Waals surface area contributed by atoms with Crippen molar-refractivity contribution in [3.63, 3.8) is 0 Å². The highest BCUT2D eigenvalue weighted by Gasteiger charge is 1.99. The van der Waals surface area contributed by atoms with Crippen LogP contribution in [0.1, 0.15) is 12.0 Å². The highest BCUT2D eigenvalue weighted by Crippen LogP contribution is 2.13. The Hall–Kier alpha value is -1.53. The summed E-state index contributed by atoms with van der Waals surface area (Å²) in [6.07, 6.45) is -0.0570. The van der Waals surface area contributed by atoms with Gasteiger partial charge in [0.25, 0.3) is 0 Å². The van der Waals surface area contributed by atoms with Gasteiger partial charge >= 0.3 is 5.97 Å². The Morgan fingerprint density at radius 3 is 2.93 bits per heavy atom. The van der Waals surface area contributed by atoms with Crippen LogP contribution in [0, 0.1) is 17.7 Å². The minimum atomic E-state index is -0.500. The van der Waals surface area contributed by atoms with Crippen LogP contribution >= 0.6 is 11.6 Å². The van der Waals surface area contributed by atoms with Crippen molar-refractivity contribution in [2.45, 2.75) is 6.42 Å². The van der Waals surface area contributed by atoms with Gasteiger partial charge in [-0.15, -0.1) is 0 Å². The first-order chi connectivity index (χ1) is 7.13. The predicted octanol–water partition coefficient (Wildman–Crippen LogP) is 2.39. The fraction of sp³-hybridized carbons (Fsp3) is 0.182. The molecular weight excluding hydrogens is 219 g/mol. The molecule has 0 aliphatic heterocycles. The number of carbonyl (C=O) groups is 1. The molecule has 0 atom stereocenters. The summed E-state index contributed by atoms with van der Waals surface area (Å²) in [7, 11) is 1.27.